The Balaban J connectivity index is 0.00000196. The van der Waals surface area contributed by atoms with Crippen molar-refractivity contribution in [2.24, 2.45) is 0 Å². The van der Waals surface area contributed by atoms with Crippen LogP contribution in [0.1, 0.15) is 0 Å². The normalized spacial score (nSPS) is 9.60. The minimum atomic E-state index is 0. The predicted octanol–water partition coefficient (Wildman–Crippen LogP) is 1.44. The maximum atomic E-state index is 4.98. The zero-order chi connectivity index (χ0) is 10.6. The SMILES string of the molecule is COCCN(C)c1ncc(Br)nc1Br.[NaH]. The van der Waals surface area contributed by atoms with E-state index in [0.717, 1.165) is 17.0 Å². The molecule has 1 heterocycles. The molecule has 0 fully saturated rings. The van der Waals surface area contributed by atoms with E-state index in [1.807, 2.05) is 11.9 Å². The van der Waals surface area contributed by atoms with Crippen LogP contribution < -0.4 is 4.90 Å². The molecule has 0 amide bonds. The van der Waals surface area contributed by atoms with Gasteiger partial charge in [-0.1, -0.05) is 0 Å². The Hall–Kier alpha value is 0.800. The van der Waals surface area contributed by atoms with Crippen LogP contribution in [0.2, 0.25) is 0 Å². The molecule has 80 valence electrons. The van der Waals surface area contributed by atoms with E-state index in [-0.39, 0.29) is 29.6 Å². The molecular formula is C8H12Br2N3NaO. The van der Waals surface area contributed by atoms with Gasteiger partial charge < -0.3 is 9.64 Å². The molecule has 7 heteroatoms. The average Bonchev–Trinajstić information content (AvgIpc) is 2.14. The number of hydrogen-bond acceptors (Lipinski definition) is 4. The Morgan fingerprint density at radius 2 is 2.13 bits per heavy atom. The van der Waals surface area contributed by atoms with Crippen molar-refractivity contribution in [1.29, 1.82) is 0 Å². The number of hydrogen-bond donors (Lipinski definition) is 0. The Bertz CT molecular complexity index is 314. The van der Waals surface area contributed by atoms with Gasteiger partial charge in [0.15, 0.2) is 5.82 Å². The molecule has 0 unspecified atom stereocenters. The summed E-state index contributed by atoms with van der Waals surface area (Å²) in [5.74, 6) is 0.810. The van der Waals surface area contributed by atoms with Gasteiger partial charge in [-0.05, 0) is 31.9 Å². The molecule has 0 spiro atoms. The summed E-state index contributed by atoms with van der Waals surface area (Å²) in [6.07, 6.45) is 1.67. The monoisotopic (exact) mass is 347 g/mol. The number of ether oxygens (including phenoxy) is 1. The molecule has 0 N–H and O–H groups in total. The van der Waals surface area contributed by atoms with E-state index in [4.69, 9.17) is 4.74 Å². The molecule has 1 aromatic heterocycles. The topological polar surface area (TPSA) is 38.2 Å². The van der Waals surface area contributed by atoms with E-state index >= 15 is 0 Å². The van der Waals surface area contributed by atoms with Gasteiger partial charge in [-0.15, -0.1) is 0 Å². The summed E-state index contributed by atoms with van der Waals surface area (Å²) >= 11 is 6.60. The Labute approximate surface area is 128 Å². The maximum absolute atomic E-state index is 4.98. The van der Waals surface area contributed by atoms with Gasteiger partial charge in [0.25, 0.3) is 0 Å². The van der Waals surface area contributed by atoms with Crippen molar-refractivity contribution in [1.82, 2.24) is 9.97 Å². The van der Waals surface area contributed by atoms with E-state index in [0.29, 0.717) is 11.2 Å². The van der Waals surface area contributed by atoms with Crippen LogP contribution >= 0.6 is 31.9 Å². The molecule has 0 bridgehead atoms. The molecular weight excluding hydrogens is 337 g/mol. The predicted molar refractivity (Wildman–Crippen MR) is 69.7 cm³/mol. The molecule has 0 aromatic carbocycles. The van der Waals surface area contributed by atoms with Crippen LogP contribution in [0.15, 0.2) is 15.4 Å². The number of anilines is 1. The summed E-state index contributed by atoms with van der Waals surface area (Å²) in [6.45, 7) is 1.45. The molecule has 1 aromatic rings. The summed E-state index contributed by atoms with van der Waals surface area (Å²) in [4.78, 5) is 10.4. The van der Waals surface area contributed by atoms with E-state index in [9.17, 15) is 0 Å². The molecule has 0 saturated heterocycles. The van der Waals surface area contributed by atoms with Gasteiger partial charge in [-0.2, -0.15) is 0 Å². The van der Waals surface area contributed by atoms with Crippen molar-refractivity contribution in [3.63, 3.8) is 0 Å². The second-order valence-corrected chi connectivity index (χ2v) is 4.29. The second-order valence-electron chi connectivity index (χ2n) is 2.72. The van der Waals surface area contributed by atoms with Crippen LogP contribution in [-0.2, 0) is 4.74 Å². The third kappa shape index (κ3) is 5.10. The number of likely N-dealkylation sites (N-methyl/N-ethyl adjacent to an activating group) is 1. The molecule has 0 aliphatic rings. The number of aromatic nitrogens is 2. The van der Waals surface area contributed by atoms with E-state index in [1.54, 1.807) is 13.3 Å². The summed E-state index contributed by atoms with van der Waals surface area (Å²) in [5, 5.41) is 0. The van der Waals surface area contributed by atoms with E-state index in [1.165, 1.54) is 0 Å². The van der Waals surface area contributed by atoms with Crippen LogP contribution in [0.4, 0.5) is 5.82 Å². The molecule has 4 nitrogen and oxygen atoms in total. The zero-order valence-electron chi connectivity index (χ0n) is 8.00. The van der Waals surface area contributed by atoms with Gasteiger partial charge in [0, 0.05) is 20.7 Å². The third-order valence-electron chi connectivity index (χ3n) is 1.68. The first-order chi connectivity index (χ1) is 6.65. The number of nitrogens with zero attached hydrogens (tertiary/aromatic N) is 3. The Kier molecular flexibility index (Phi) is 8.40. The van der Waals surface area contributed by atoms with Gasteiger partial charge >= 0.3 is 29.6 Å². The fraction of sp³-hybridized carbons (Fsp3) is 0.500. The van der Waals surface area contributed by atoms with Gasteiger partial charge in [0.05, 0.1) is 12.8 Å². The number of rotatable bonds is 4. The van der Waals surface area contributed by atoms with E-state index < -0.39 is 0 Å². The Morgan fingerprint density at radius 3 is 2.67 bits per heavy atom. The van der Waals surface area contributed by atoms with Gasteiger partial charge in [0.1, 0.15) is 9.21 Å². The van der Waals surface area contributed by atoms with Crippen LogP contribution in [0, 0.1) is 0 Å². The van der Waals surface area contributed by atoms with Crippen molar-refractivity contribution in [3.8, 4) is 0 Å². The molecule has 0 aliphatic carbocycles. The molecule has 0 saturated carbocycles. The molecule has 15 heavy (non-hydrogen) atoms. The van der Waals surface area contributed by atoms with Crippen molar-refractivity contribution < 1.29 is 4.74 Å². The Morgan fingerprint density at radius 1 is 1.47 bits per heavy atom. The zero-order valence-corrected chi connectivity index (χ0v) is 11.2. The standard InChI is InChI=1S/C8H11Br2N3O.Na.H/c1-13(3-4-14-2)8-7(10)12-6(9)5-11-8;;/h5H,3-4H2,1-2H3;;. The van der Waals surface area contributed by atoms with Crippen molar-refractivity contribution in [2.75, 3.05) is 32.2 Å². The van der Waals surface area contributed by atoms with Crippen LogP contribution in [-0.4, -0.2) is 66.8 Å². The number of methoxy groups -OCH3 is 1. The van der Waals surface area contributed by atoms with Crippen LogP contribution in [0.3, 0.4) is 0 Å². The molecule has 1 rings (SSSR count). The van der Waals surface area contributed by atoms with Crippen LogP contribution in [0.25, 0.3) is 0 Å². The number of halogens is 2. The first kappa shape index (κ1) is 15.8. The summed E-state index contributed by atoms with van der Waals surface area (Å²) in [5.41, 5.74) is 0. The summed E-state index contributed by atoms with van der Waals surface area (Å²) in [6, 6.07) is 0. The van der Waals surface area contributed by atoms with Crippen molar-refractivity contribution >= 4 is 67.2 Å². The van der Waals surface area contributed by atoms with Gasteiger partial charge in [-0.3, -0.25) is 0 Å². The fourth-order valence-electron chi connectivity index (χ4n) is 0.930. The van der Waals surface area contributed by atoms with Crippen molar-refractivity contribution in [2.45, 2.75) is 0 Å². The average molecular weight is 349 g/mol. The van der Waals surface area contributed by atoms with Gasteiger partial charge in [-0.25, -0.2) is 9.97 Å². The minimum absolute atomic E-state index is 0. The molecule has 0 aliphatic heterocycles. The fourth-order valence-corrected chi connectivity index (χ4v) is 2.04. The molecule has 0 atom stereocenters. The first-order valence-corrected chi connectivity index (χ1v) is 5.62. The van der Waals surface area contributed by atoms with Gasteiger partial charge in [0.2, 0.25) is 0 Å². The quantitative estimate of drug-likeness (QED) is 0.772. The second kappa shape index (κ2) is 7.97. The molecule has 0 radical (unpaired) electrons. The summed E-state index contributed by atoms with van der Waals surface area (Å²) < 4.78 is 6.43. The first-order valence-electron chi connectivity index (χ1n) is 4.03. The summed E-state index contributed by atoms with van der Waals surface area (Å²) in [7, 11) is 3.62. The third-order valence-corrected chi connectivity index (χ3v) is 2.59. The van der Waals surface area contributed by atoms with Crippen LogP contribution in [0.5, 0.6) is 0 Å². The van der Waals surface area contributed by atoms with Crippen molar-refractivity contribution in [3.05, 3.63) is 15.4 Å². The van der Waals surface area contributed by atoms with E-state index in [2.05, 4.69) is 41.8 Å².